The third-order valence-electron chi connectivity index (χ3n) is 4.15. The summed E-state index contributed by atoms with van der Waals surface area (Å²) in [6.07, 6.45) is 0. The summed E-state index contributed by atoms with van der Waals surface area (Å²) in [5, 5.41) is 9.41. The van der Waals surface area contributed by atoms with E-state index < -0.39 is 0 Å². The molecule has 6 nitrogen and oxygen atoms in total. The topological polar surface area (TPSA) is 79.8 Å². The van der Waals surface area contributed by atoms with E-state index in [0.29, 0.717) is 27.0 Å². The molecule has 0 bridgehead atoms. The normalized spacial score (nSPS) is 11.1. The Morgan fingerprint density at radius 2 is 1.90 bits per heavy atom. The summed E-state index contributed by atoms with van der Waals surface area (Å²) >= 11 is 7.29. The number of halogens is 1. The van der Waals surface area contributed by atoms with Gasteiger partial charge in [-0.2, -0.15) is 5.10 Å². The van der Waals surface area contributed by atoms with Crippen LogP contribution in [-0.4, -0.2) is 24.1 Å². The maximum absolute atomic E-state index is 12.1. The molecule has 0 atom stereocenters. The molecule has 2 N–H and O–H groups in total. The van der Waals surface area contributed by atoms with Crippen LogP contribution >= 0.6 is 22.9 Å². The van der Waals surface area contributed by atoms with Crippen LogP contribution in [0, 0.1) is 6.92 Å². The van der Waals surface area contributed by atoms with Gasteiger partial charge in [-0.3, -0.25) is 9.59 Å². The number of nitrogens with zero attached hydrogens (tertiary/aromatic N) is 1. The minimum absolute atomic E-state index is 0.147. The average molecular weight is 442 g/mol. The number of aryl methyl sites for hydroxylation is 1. The van der Waals surface area contributed by atoms with Crippen LogP contribution in [0.1, 0.15) is 27.7 Å². The Hall–Kier alpha value is -3.16. The third-order valence-corrected chi connectivity index (χ3v) is 5.25. The smallest absolute Gasteiger partial charge is 0.277 e. The van der Waals surface area contributed by atoms with Gasteiger partial charge in [0, 0.05) is 10.7 Å². The molecule has 1 heterocycles. The van der Waals surface area contributed by atoms with E-state index in [1.54, 1.807) is 43.3 Å². The standard InChI is InChI=1S/C22H20ClN3O3S/c1-14-12-17(23)7-10-19(14)29-13-21(27)26-25-15(2)16-5-8-18(9-6-16)24-22(28)20-4-3-11-30-20/h3-12H,13H2,1-2H3,(H,24,28)(H,26,27)/b25-15+. The van der Waals surface area contributed by atoms with Crippen LogP contribution in [0.2, 0.25) is 5.02 Å². The molecule has 0 aliphatic rings. The molecule has 1 aromatic heterocycles. The molecule has 0 aliphatic heterocycles. The number of hydrogen-bond acceptors (Lipinski definition) is 5. The molecule has 2 aromatic carbocycles. The fraction of sp³-hybridized carbons (Fsp3) is 0.136. The monoisotopic (exact) mass is 441 g/mol. The molecule has 8 heteroatoms. The Morgan fingerprint density at radius 3 is 2.57 bits per heavy atom. The second-order valence-corrected chi connectivity index (χ2v) is 7.82. The van der Waals surface area contributed by atoms with Crippen LogP contribution in [0.3, 0.4) is 0 Å². The number of anilines is 1. The second-order valence-electron chi connectivity index (χ2n) is 6.44. The predicted octanol–water partition coefficient (Wildman–Crippen LogP) is 4.88. The molecule has 0 saturated carbocycles. The van der Waals surface area contributed by atoms with Gasteiger partial charge in [0.2, 0.25) is 0 Å². The number of rotatable bonds is 7. The lowest BCUT2D eigenvalue weighted by Crippen LogP contribution is -2.25. The molecule has 0 fully saturated rings. The minimum Gasteiger partial charge on any atom is -0.483 e. The van der Waals surface area contributed by atoms with Crippen LogP contribution in [0.4, 0.5) is 5.69 Å². The number of carbonyl (C=O) groups is 2. The Morgan fingerprint density at radius 1 is 1.13 bits per heavy atom. The number of carbonyl (C=O) groups excluding carboxylic acids is 2. The van der Waals surface area contributed by atoms with Gasteiger partial charge in [0.05, 0.1) is 10.6 Å². The highest BCUT2D eigenvalue weighted by molar-refractivity contribution is 7.12. The summed E-state index contributed by atoms with van der Waals surface area (Å²) in [5.74, 6) is 0.0743. The molecule has 0 radical (unpaired) electrons. The zero-order valence-corrected chi connectivity index (χ0v) is 18.0. The molecular formula is C22H20ClN3O3S. The predicted molar refractivity (Wildman–Crippen MR) is 121 cm³/mol. The summed E-state index contributed by atoms with van der Waals surface area (Å²) in [7, 11) is 0. The van der Waals surface area contributed by atoms with Crippen molar-refractivity contribution in [3.05, 3.63) is 81.0 Å². The number of nitrogens with one attached hydrogen (secondary N) is 2. The lowest BCUT2D eigenvalue weighted by molar-refractivity contribution is -0.123. The van der Waals surface area contributed by atoms with Gasteiger partial charge >= 0.3 is 0 Å². The Balaban J connectivity index is 1.52. The molecule has 0 spiro atoms. The molecule has 154 valence electrons. The highest BCUT2D eigenvalue weighted by Crippen LogP contribution is 2.21. The van der Waals surface area contributed by atoms with E-state index in [2.05, 4.69) is 15.8 Å². The van der Waals surface area contributed by atoms with Crippen molar-refractivity contribution in [1.82, 2.24) is 5.43 Å². The summed E-state index contributed by atoms with van der Waals surface area (Å²) in [6.45, 7) is 3.48. The van der Waals surface area contributed by atoms with E-state index in [9.17, 15) is 9.59 Å². The average Bonchev–Trinajstić information content (AvgIpc) is 3.27. The largest absolute Gasteiger partial charge is 0.483 e. The SMILES string of the molecule is C/C(=N\NC(=O)COc1ccc(Cl)cc1C)c1ccc(NC(=O)c2cccs2)cc1. The number of hydrazone groups is 1. The zero-order valence-electron chi connectivity index (χ0n) is 16.4. The van der Waals surface area contributed by atoms with Crippen LogP contribution in [0.5, 0.6) is 5.75 Å². The lowest BCUT2D eigenvalue weighted by atomic mass is 10.1. The Labute approximate surface area is 183 Å². The van der Waals surface area contributed by atoms with Gasteiger partial charge in [-0.1, -0.05) is 29.8 Å². The first-order valence-corrected chi connectivity index (χ1v) is 10.4. The lowest BCUT2D eigenvalue weighted by Gasteiger charge is -2.09. The molecule has 2 amide bonds. The molecular weight excluding hydrogens is 422 g/mol. The van der Waals surface area contributed by atoms with E-state index in [1.165, 1.54) is 11.3 Å². The third kappa shape index (κ3) is 5.92. The van der Waals surface area contributed by atoms with Crippen LogP contribution in [0.15, 0.2) is 65.1 Å². The Bertz CT molecular complexity index is 1060. The number of thiophene rings is 1. The van der Waals surface area contributed by atoms with E-state index >= 15 is 0 Å². The first-order chi connectivity index (χ1) is 14.4. The van der Waals surface area contributed by atoms with Gasteiger partial charge in [0.1, 0.15) is 5.75 Å². The van der Waals surface area contributed by atoms with Crippen molar-refractivity contribution in [2.24, 2.45) is 5.10 Å². The molecule has 3 rings (SSSR count). The summed E-state index contributed by atoms with van der Waals surface area (Å²) in [6, 6.07) is 16.0. The maximum Gasteiger partial charge on any atom is 0.277 e. The molecule has 3 aromatic rings. The van der Waals surface area contributed by atoms with Crippen molar-refractivity contribution >= 4 is 46.2 Å². The van der Waals surface area contributed by atoms with Gasteiger partial charge in [-0.05, 0) is 66.8 Å². The maximum atomic E-state index is 12.1. The van der Waals surface area contributed by atoms with Gasteiger partial charge < -0.3 is 10.1 Å². The molecule has 0 saturated heterocycles. The summed E-state index contributed by atoms with van der Waals surface area (Å²) in [4.78, 5) is 24.7. The summed E-state index contributed by atoms with van der Waals surface area (Å²) < 4.78 is 5.50. The quantitative estimate of drug-likeness (QED) is 0.405. The van der Waals surface area contributed by atoms with Gasteiger partial charge in [-0.15, -0.1) is 11.3 Å². The van der Waals surface area contributed by atoms with Crippen LogP contribution < -0.4 is 15.5 Å². The number of ether oxygens (including phenoxy) is 1. The van der Waals surface area contributed by atoms with Crippen LogP contribution in [-0.2, 0) is 4.79 Å². The first kappa shape index (κ1) is 21.5. The van der Waals surface area contributed by atoms with E-state index in [-0.39, 0.29) is 18.4 Å². The van der Waals surface area contributed by atoms with Gasteiger partial charge in [-0.25, -0.2) is 5.43 Å². The van der Waals surface area contributed by atoms with Crippen molar-refractivity contribution in [2.75, 3.05) is 11.9 Å². The van der Waals surface area contributed by atoms with Crippen molar-refractivity contribution in [3.8, 4) is 5.75 Å². The molecule has 0 unspecified atom stereocenters. The molecule has 0 aliphatic carbocycles. The fourth-order valence-corrected chi connectivity index (χ4v) is 3.40. The van der Waals surface area contributed by atoms with Gasteiger partial charge in [0.25, 0.3) is 11.8 Å². The first-order valence-electron chi connectivity index (χ1n) is 9.10. The highest BCUT2D eigenvalue weighted by atomic mass is 35.5. The Kier molecular flexibility index (Phi) is 7.21. The van der Waals surface area contributed by atoms with Crippen molar-refractivity contribution in [3.63, 3.8) is 0 Å². The van der Waals surface area contributed by atoms with Crippen molar-refractivity contribution in [1.29, 1.82) is 0 Å². The van der Waals surface area contributed by atoms with Gasteiger partial charge in [0.15, 0.2) is 6.61 Å². The van der Waals surface area contributed by atoms with E-state index in [1.807, 2.05) is 30.5 Å². The number of hydrogen-bond donors (Lipinski definition) is 2. The number of benzene rings is 2. The minimum atomic E-state index is -0.372. The van der Waals surface area contributed by atoms with Crippen LogP contribution in [0.25, 0.3) is 0 Å². The second kappa shape index (κ2) is 10.0. The van der Waals surface area contributed by atoms with Crippen molar-refractivity contribution < 1.29 is 14.3 Å². The van der Waals surface area contributed by atoms with Crippen molar-refractivity contribution in [2.45, 2.75) is 13.8 Å². The zero-order chi connectivity index (χ0) is 21.5. The number of amides is 2. The fourth-order valence-electron chi connectivity index (χ4n) is 2.56. The summed E-state index contributed by atoms with van der Waals surface area (Å²) in [5.41, 5.74) is 5.45. The van der Waals surface area contributed by atoms with E-state index in [4.69, 9.17) is 16.3 Å². The highest BCUT2D eigenvalue weighted by Gasteiger charge is 2.08. The van der Waals surface area contributed by atoms with E-state index in [0.717, 1.165) is 11.1 Å². The molecule has 30 heavy (non-hydrogen) atoms.